The Morgan fingerprint density at radius 1 is 0.589 bits per heavy atom. The van der Waals surface area contributed by atoms with Crippen LogP contribution < -0.4 is 4.90 Å². The van der Waals surface area contributed by atoms with Crippen molar-refractivity contribution in [2.24, 2.45) is 5.92 Å². The van der Waals surface area contributed by atoms with Gasteiger partial charge in [-0.1, -0.05) is 109 Å². The summed E-state index contributed by atoms with van der Waals surface area (Å²) in [5.41, 5.74) is 14.1. The highest BCUT2D eigenvalue weighted by atomic mass is 32.1. The van der Waals surface area contributed by atoms with Gasteiger partial charge in [-0.2, -0.15) is 0 Å². The van der Waals surface area contributed by atoms with Crippen molar-refractivity contribution in [2.45, 2.75) is 6.42 Å². The summed E-state index contributed by atoms with van der Waals surface area (Å²) >= 11 is 1.89. The third kappa shape index (κ3) is 4.83. The first kappa shape index (κ1) is 31.5. The van der Waals surface area contributed by atoms with Crippen LogP contribution in [0.5, 0.6) is 0 Å². The molecule has 56 heavy (non-hydrogen) atoms. The third-order valence-corrected chi connectivity index (χ3v) is 12.9. The molecule has 0 amide bonds. The van der Waals surface area contributed by atoms with Crippen molar-refractivity contribution in [1.29, 1.82) is 0 Å². The van der Waals surface area contributed by atoms with Crippen LogP contribution in [-0.2, 0) is 6.42 Å². The van der Waals surface area contributed by atoms with Crippen molar-refractivity contribution in [3.8, 4) is 16.8 Å². The van der Waals surface area contributed by atoms with Crippen LogP contribution in [0.1, 0.15) is 11.3 Å². The van der Waals surface area contributed by atoms with Crippen molar-refractivity contribution in [2.75, 3.05) is 4.90 Å². The van der Waals surface area contributed by atoms with Gasteiger partial charge < -0.3 is 13.9 Å². The number of rotatable bonds is 5. The van der Waals surface area contributed by atoms with Gasteiger partial charge in [-0.05, 0) is 96.4 Å². The minimum absolute atomic E-state index is 0.383. The number of nitrogens with zero attached hydrogens (tertiary/aromatic N) is 2. The summed E-state index contributed by atoms with van der Waals surface area (Å²) in [6.07, 6.45) is 12.4. The number of para-hydroxylation sites is 3. The van der Waals surface area contributed by atoms with Gasteiger partial charge in [0.05, 0.1) is 5.52 Å². The van der Waals surface area contributed by atoms with Crippen LogP contribution in [-0.4, -0.2) is 4.57 Å². The molecule has 0 N–H and O–H groups in total. The summed E-state index contributed by atoms with van der Waals surface area (Å²) in [6, 6.07) is 57.2. The zero-order valence-corrected chi connectivity index (χ0v) is 31.2. The minimum atomic E-state index is 0.383. The Balaban J connectivity index is 1.04. The van der Waals surface area contributed by atoms with E-state index in [4.69, 9.17) is 4.42 Å². The van der Waals surface area contributed by atoms with Crippen molar-refractivity contribution in [3.05, 3.63) is 199 Å². The van der Waals surface area contributed by atoms with Gasteiger partial charge in [-0.15, -0.1) is 11.3 Å². The molecule has 1 unspecified atom stereocenters. The van der Waals surface area contributed by atoms with Crippen molar-refractivity contribution in [3.63, 3.8) is 0 Å². The first-order chi connectivity index (χ1) is 27.7. The molecule has 2 aliphatic carbocycles. The lowest BCUT2D eigenvalue weighted by Crippen LogP contribution is -2.14. The highest BCUT2D eigenvalue weighted by Gasteiger charge is 2.27. The SMILES string of the molecule is C1=CC2=Cc3c(n(-c4cc(-c5ccc(N(c6ccccc6)c6ccc7oc8ccccc8c7c6)cc5)c5sc6ccccc6c5c4)c4ccccc34)CC2C=C1. The second kappa shape index (κ2) is 12.3. The number of fused-ring (bicyclic) bond motifs is 10. The summed E-state index contributed by atoms with van der Waals surface area (Å²) in [4.78, 5) is 2.34. The molecule has 3 aromatic heterocycles. The number of furan rings is 1. The number of allylic oxidation sites excluding steroid dienone is 5. The van der Waals surface area contributed by atoms with Gasteiger partial charge in [0.15, 0.2) is 0 Å². The zero-order chi connectivity index (χ0) is 36.7. The maximum Gasteiger partial charge on any atom is 0.135 e. The molecular formula is C52H34N2OS. The molecule has 0 saturated carbocycles. The summed E-state index contributed by atoms with van der Waals surface area (Å²) in [7, 11) is 0. The fourth-order valence-corrected chi connectivity index (χ4v) is 10.3. The fourth-order valence-electron chi connectivity index (χ4n) is 9.11. The topological polar surface area (TPSA) is 21.3 Å². The van der Waals surface area contributed by atoms with Gasteiger partial charge in [0.25, 0.3) is 0 Å². The maximum atomic E-state index is 6.21. The van der Waals surface area contributed by atoms with Crippen LogP contribution in [0.3, 0.4) is 0 Å². The number of hydrogen-bond acceptors (Lipinski definition) is 3. The number of aromatic nitrogens is 1. The number of hydrogen-bond donors (Lipinski definition) is 0. The van der Waals surface area contributed by atoms with Gasteiger partial charge >= 0.3 is 0 Å². The number of anilines is 3. The molecule has 3 nitrogen and oxygen atoms in total. The van der Waals surface area contributed by atoms with Gasteiger partial charge in [0.2, 0.25) is 0 Å². The molecule has 10 aromatic rings. The van der Waals surface area contributed by atoms with E-state index in [1.165, 1.54) is 64.7 Å². The zero-order valence-electron chi connectivity index (χ0n) is 30.4. The lowest BCUT2D eigenvalue weighted by atomic mass is 9.83. The molecule has 3 heterocycles. The molecule has 2 aliphatic rings. The Hall–Kier alpha value is -6.88. The summed E-state index contributed by atoms with van der Waals surface area (Å²) in [5, 5.41) is 6.15. The first-order valence-electron chi connectivity index (χ1n) is 19.3. The monoisotopic (exact) mass is 734 g/mol. The van der Waals surface area contributed by atoms with E-state index in [1.54, 1.807) is 0 Å². The van der Waals surface area contributed by atoms with Crippen molar-refractivity contribution in [1.82, 2.24) is 4.57 Å². The number of benzene rings is 7. The van der Waals surface area contributed by atoms with Crippen LogP contribution in [0.25, 0.3) is 75.9 Å². The highest BCUT2D eigenvalue weighted by molar-refractivity contribution is 7.26. The molecule has 0 radical (unpaired) electrons. The Morgan fingerprint density at radius 2 is 1.32 bits per heavy atom. The lowest BCUT2D eigenvalue weighted by molar-refractivity contribution is 0.669. The van der Waals surface area contributed by atoms with E-state index in [2.05, 4.69) is 185 Å². The quantitative estimate of drug-likeness (QED) is 0.176. The minimum Gasteiger partial charge on any atom is -0.456 e. The molecular weight excluding hydrogens is 701 g/mol. The average molecular weight is 735 g/mol. The molecule has 0 bridgehead atoms. The predicted molar refractivity (Wildman–Crippen MR) is 237 cm³/mol. The van der Waals surface area contributed by atoms with Crippen LogP contribution in [0.15, 0.2) is 192 Å². The van der Waals surface area contributed by atoms with E-state index in [0.717, 1.165) is 45.4 Å². The standard InChI is InChI=1S/C52H34N2OS/c1-2-14-36(15-3-1)53(38-26-27-50-45(30-38)41-17-7-10-20-49(41)55-50)37-24-22-33(23-25-37)43-31-39(32-46-42-18-8-11-21-51(42)56-52(43)46)54-47-19-9-6-16-40(47)44-28-34-12-4-5-13-35(34)29-48(44)54/h1-28,30-32,35H,29H2. The summed E-state index contributed by atoms with van der Waals surface area (Å²) in [6.45, 7) is 0. The van der Waals surface area contributed by atoms with E-state index in [0.29, 0.717) is 5.92 Å². The van der Waals surface area contributed by atoms with Crippen molar-refractivity contribution >= 4 is 87.5 Å². The third-order valence-electron chi connectivity index (χ3n) is 11.7. The Morgan fingerprint density at radius 3 is 2.21 bits per heavy atom. The molecule has 1 atom stereocenters. The molecule has 7 aromatic carbocycles. The smallest absolute Gasteiger partial charge is 0.135 e. The summed E-state index contributed by atoms with van der Waals surface area (Å²) < 4.78 is 11.4. The van der Waals surface area contributed by atoms with E-state index in [1.807, 2.05) is 23.5 Å². The Kier molecular flexibility index (Phi) is 6.92. The molecule has 0 saturated heterocycles. The second-order valence-electron chi connectivity index (χ2n) is 14.9. The van der Waals surface area contributed by atoms with Gasteiger partial charge in [0.1, 0.15) is 11.2 Å². The summed E-state index contributed by atoms with van der Waals surface area (Å²) in [5.74, 6) is 0.383. The number of thiophene rings is 1. The Labute approximate surface area is 328 Å². The normalized spacial score (nSPS) is 14.9. The van der Waals surface area contributed by atoms with Gasteiger partial charge in [-0.25, -0.2) is 0 Å². The largest absolute Gasteiger partial charge is 0.456 e. The van der Waals surface area contributed by atoms with Crippen LogP contribution in [0.4, 0.5) is 17.1 Å². The molecule has 0 aliphatic heterocycles. The van der Waals surface area contributed by atoms with Crippen LogP contribution >= 0.6 is 11.3 Å². The molecule has 0 fully saturated rings. The van der Waals surface area contributed by atoms with E-state index >= 15 is 0 Å². The first-order valence-corrected chi connectivity index (χ1v) is 20.1. The second-order valence-corrected chi connectivity index (χ2v) is 15.9. The van der Waals surface area contributed by atoms with Crippen molar-refractivity contribution < 1.29 is 4.42 Å². The molecule has 12 rings (SSSR count). The van der Waals surface area contributed by atoms with Crippen LogP contribution in [0.2, 0.25) is 0 Å². The molecule has 264 valence electrons. The van der Waals surface area contributed by atoms with Gasteiger partial charge in [-0.3, -0.25) is 0 Å². The Bertz CT molecular complexity index is 3280. The molecule has 0 spiro atoms. The maximum absolute atomic E-state index is 6.21. The fraction of sp³-hybridized carbons (Fsp3) is 0.0385. The van der Waals surface area contributed by atoms with E-state index in [9.17, 15) is 0 Å². The predicted octanol–water partition coefficient (Wildman–Crippen LogP) is 14.7. The lowest BCUT2D eigenvalue weighted by Gasteiger charge is -2.26. The molecule has 4 heteroatoms. The van der Waals surface area contributed by atoms with Crippen LogP contribution in [0, 0.1) is 5.92 Å². The van der Waals surface area contributed by atoms with Gasteiger partial charge in [0, 0.05) is 81.8 Å². The average Bonchev–Trinajstić information content (AvgIpc) is 3.92. The highest BCUT2D eigenvalue weighted by Crippen LogP contribution is 2.46. The van der Waals surface area contributed by atoms with E-state index in [-0.39, 0.29) is 0 Å². The van der Waals surface area contributed by atoms with E-state index < -0.39 is 0 Å².